The lowest BCUT2D eigenvalue weighted by molar-refractivity contribution is -0.118. The molecule has 4 nitrogen and oxygen atoms in total. The average Bonchev–Trinajstić information content (AvgIpc) is 2.88. The number of amides is 1. The summed E-state index contributed by atoms with van der Waals surface area (Å²) in [4.78, 5) is 28.1. The van der Waals surface area contributed by atoms with E-state index in [-0.39, 0.29) is 24.2 Å². The first-order valence-electron chi connectivity index (χ1n) is 11.4. The topological polar surface area (TPSA) is 46.6 Å². The maximum atomic E-state index is 13.4. The van der Waals surface area contributed by atoms with Gasteiger partial charge in [0, 0.05) is 5.92 Å². The van der Waals surface area contributed by atoms with Crippen LogP contribution < -0.4 is 4.90 Å². The van der Waals surface area contributed by atoms with E-state index in [9.17, 15) is 9.59 Å². The van der Waals surface area contributed by atoms with E-state index in [0.717, 1.165) is 33.6 Å². The molecule has 0 radical (unpaired) electrons. The van der Waals surface area contributed by atoms with E-state index >= 15 is 0 Å². The molecule has 0 spiro atoms. The van der Waals surface area contributed by atoms with Crippen LogP contribution in [0.1, 0.15) is 41.0 Å². The smallest absolute Gasteiger partial charge is 0.419 e. The van der Waals surface area contributed by atoms with Crippen LogP contribution >= 0.6 is 0 Å². The lowest BCUT2D eigenvalue weighted by Crippen LogP contribution is -2.34. The molecule has 4 aromatic carbocycles. The van der Waals surface area contributed by atoms with Gasteiger partial charge < -0.3 is 4.74 Å². The number of Topliss-reactive ketones (excluding diaryl/α,β-unsaturated/α-hetero) is 1. The Kier molecular flexibility index (Phi) is 5.96. The predicted molar refractivity (Wildman–Crippen MR) is 133 cm³/mol. The number of para-hydroxylation sites is 2. The number of ketones is 1. The standard InChI is InChI=1S/C30H25NO3/c1-21(32)28(23-14-6-3-7-15-23)29-24-16-8-10-18-26(24)31(27-19-11-9-17-25(27)29)30(33)34-20-22-12-4-2-5-13-22/h2-19,28-29H,20H2,1H3. The minimum Gasteiger partial charge on any atom is -0.444 e. The van der Waals surface area contributed by atoms with E-state index in [0.29, 0.717) is 0 Å². The quantitative estimate of drug-likeness (QED) is 0.332. The highest BCUT2D eigenvalue weighted by Gasteiger charge is 2.40. The SMILES string of the molecule is CC(=O)C(c1ccccc1)C1c2ccccc2N(C(=O)OCc2ccccc2)c2ccccc21. The second kappa shape index (κ2) is 9.36. The van der Waals surface area contributed by atoms with Crippen LogP contribution in [-0.4, -0.2) is 11.9 Å². The van der Waals surface area contributed by atoms with E-state index < -0.39 is 6.09 Å². The molecule has 1 atom stereocenters. The second-order valence-electron chi connectivity index (χ2n) is 8.47. The molecule has 0 bridgehead atoms. The Bertz CT molecular complexity index is 1270. The maximum Gasteiger partial charge on any atom is 0.419 e. The van der Waals surface area contributed by atoms with Gasteiger partial charge >= 0.3 is 6.09 Å². The second-order valence-corrected chi connectivity index (χ2v) is 8.47. The molecule has 0 aromatic heterocycles. The number of carbonyl (C=O) groups excluding carboxylic acids is 2. The monoisotopic (exact) mass is 447 g/mol. The van der Waals surface area contributed by atoms with Gasteiger partial charge in [-0.25, -0.2) is 9.69 Å². The van der Waals surface area contributed by atoms with Crippen molar-refractivity contribution in [1.82, 2.24) is 0 Å². The Balaban J connectivity index is 1.60. The third-order valence-corrected chi connectivity index (χ3v) is 6.34. The normalized spacial score (nSPS) is 13.5. The number of ether oxygens (including phenoxy) is 1. The zero-order valence-electron chi connectivity index (χ0n) is 18.9. The molecule has 34 heavy (non-hydrogen) atoms. The average molecular weight is 448 g/mol. The van der Waals surface area contributed by atoms with Gasteiger partial charge in [0.2, 0.25) is 0 Å². The fraction of sp³-hybridized carbons (Fsp3) is 0.133. The summed E-state index contributed by atoms with van der Waals surface area (Å²) in [5.41, 5.74) is 5.24. The van der Waals surface area contributed by atoms with Crippen molar-refractivity contribution < 1.29 is 14.3 Å². The third-order valence-electron chi connectivity index (χ3n) is 6.34. The predicted octanol–water partition coefficient (Wildman–Crippen LogP) is 6.98. The summed E-state index contributed by atoms with van der Waals surface area (Å²) in [5.74, 6) is -0.502. The summed E-state index contributed by atoms with van der Waals surface area (Å²) in [7, 11) is 0. The van der Waals surface area contributed by atoms with Crippen molar-refractivity contribution in [2.75, 3.05) is 4.90 Å². The van der Waals surface area contributed by atoms with Gasteiger partial charge in [0.15, 0.2) is 0 Å². The highest BCUT2D eigenvalue weighted by molar-refractivity contribution is 6.01. The minimum atomic E-state index is -0.443. The molecule has 0 fully saturated rings. The molecule has 0 saturated carbocycles. The number of nitrogens with zero attached hydrogens (tertiary/aromatic N) is 1. The summed E-state index contributed by atoms with van der Waals surface area (Å²) in [6, 6.07) is 35.1. The molecular weight excluding hydrogens is 422 g/mol. The molecule has 1 aliphatic rings. The van der Waals surface area contributed by atoms with Crippen molar-refractivity contribution in [3.8, 4) is 0 Å². The van der Waals surface area contributed by atoms with Crippen molar-refractivity contribution in [3.05, 3.63) is 131 Å². The Morgan fingerprint density at radius 1 is 0.735 bits per heavy atom. The number of hydrogen-bond donors (Lipinski definition) is 0. The zero-order valence-corrected chi connectivity index (χ0v) is 18.9. The van der Waals surface area contributed by atoms with Gasteiger partial charge in [0.25, 0.3) is 0 Å². The number of benzene rings is 4. The highest BCUT2D eigenvalue weighted by Crippen LogP contribution is 2.51. The Labute approximate surface area is 199 Å². The lowest BCUT2D eigenvalue weighted by Gasteiger charge is -2.38. The van der Waals surface area contributed by atoms with Crippen LogP contribution in [0, 0.1) is 0 Å². The van der Waals surface area contributed by atoms with Crippen molar-refractivity contribution in [2.24, 2.45) is 0 Å². The summed E-state index contributed by atoms with van der Waals surface area (Å²) in [6.45, 7) is 1.83. The van der Waals surface area contributed by atoms with Gasteiger partial charge in [-0.05, 0) is 41.3 Å². The van der Waals surface area contributed by atoms with E-state index in [1.807, 2.05) is 109 Å². The van der Waals surface area contributed by atoms with Crippen molar-refractivity contribution >= 4 is 23.3 Å². The molecule has 0 saturated heterocycles. The van der Waals surface area contributed by atoms with Crippen molar-refractivity contribution in [3.63, 3.8) is 0 Å². The van der Waals surface area contributed by atoms with E-state index in [4.69, 9.17) is 4.74 Å². The van der Waals surface area contributed by atoms with Crippen molar-refractivity contribution in [2.45, 2.75) is 25.4 Å². The van der Waals surface area contributed by atoms with Gasteiger partial charge in [-0.1, -0.05) is 97.1 Å². The van der Waals surface area contributed by atoms with Crippen LogP contribution in [0.2, 0.25) is 0 Å². The van der Waals surface area contributed by atoms with Gasteiger partial charge in [-0.2, -0.15) is 0 Å². The molecule has 0 N–H and O–H groups in total. The fourth-order valence-corrected chi connectivity index (χ4v) is 4.87. The van der Waals surface area contributed by atoms with E-state index in [2.05, 4.69) is 0 Å². The van der Waals surface area contributed by atoms with Crippen LogP contribution in [-0.2, 0) is 16.1 Å². The number of anilines is 2. The molecule has 4 aromatic rings. The molecular formula is C30H25NO3. The molecule has 5 rings (SSSR count). The van der Waals surface area contributed by atoms with Crippen LogP contribution in [0.4, 0.5) is 16.2 Å². The summed E-state index contributed by atoms with van der Waals surface area (Å²) in [5, 5.41) is 0. The van der Waals surface area contributed by atoms with E-state index in [1.54, 1.807) is 11.8 Å². The van der Waals surface area contributed by atoms with E-state index in [1.165, 1.54) is 0 Å². The minimum absolute atomic E-state index is 0.0842. The number of carbonyl (C=O) groups is 2. The molecule has 1 heterocycles. The van der Waals surface area contributed by atoms with Gasteiger partial charge in [-0.3, -0.25) is 4.79 Å². The van der Waals surface area contributed by atoms with Gasteiger partial charge in [-0.15, -0.1) is 0 Å². The molecule has 0 aliphatic carbocycles. The van der Waals surface area contributed by atoms with Crippen LogP contribution in [0.25, 0.3) is 0 Å². The lowest BCUT2D eigenvalue weighted by atomic mass is 9.72. The zero-order chi connectivity index (χ0) is 23.5. The van der Waals surface area contributed by atoms with Crippen molar-refractivity contribution in [1.29, 1.82) is 0 Å². The maximum absolute atomic E-state index is 13.4. The van der Waals surface area contributed by atoms with Gasteiger partial charge in [0.1, 0.15) is 12.4 Å². The number of rotatable bonds is 5. The molecule has 1 aliphatic heterocycles. The van der Waals surface area contributed by atoms with Crippen LogP contribution in [0.5, 0.6) is 0 Å². The highest BCUT2D eigenvalue weighted by atomic mass is 16.6. The Hall–Kier alpha value is -4.18. The molecule has 1 unspecified atom stereocenters. The Morgan fingerprint density at radius 2 is 1.24 bits per heavy atom. The summed E-state index contributed by atoms with van der Waals surface area (Å²) < 4.78 is 5.73. The summed E-state index contributed by atoms with van der Waals surface area (Å²) >= 11 is 0. The van der Waals surface area contributed by atoms with Crippen LogP contribution in [0.3, 0.4) is 0 Å². The Morgan fingerprint density at radius 3 is 1.79 bits per heavy atom. The molecule has 168 valence electrons. The molecule has 1 amide bonds. The first kappa shape index (κ1) is 21.7. The van der Waals surface area contributed by atoms with Gasteiger partial charge in [0.05, 0.1) is 17.3 Å². The molecule has 4 heteroatoms. The first-order valence-corrected chi connectivity index (χ1v) is 11.4. The number of fused-ring (bicyclic) bond motifs is 2. The third kappa shape index (κ3) is 3.99. The largest absolute Gasteiger partial charge is 0.444 e. The number of hydrogen-bond acceptors (Lipinski definition) is 3. The summed E-state index contributed by atoms with van der Waals surface area (Å²) in [6.07, 6.45) is -0.443. The first-order chi connectivity index (χ1) is 16.6. The van der Waals surface area contributed by atoms with Crippen LogP contribution in [0.15, 0.2) is 109 Å². The fourth-order valence-electron chi connectivity index (χ4n) is 4.87.